The molecular weight excluding hydrogens is 122 g/mol. The molecule has 1 nitrogen and oxygen atoms in total. The topological polar surface area (TPSA) is 23.8 Å². The van der Waals surface area contributed by atoms with Crippen LogP contribution in [-0.2, 0) is 0 Å². The van der Waals surface area contributed by atoms with Crippen molar-refractivity contribution in [3.63, 3.8) is 0 Å². The average molecular weight is 136 g/mol. The van der Waals surface area contributed by atoms with Crippen LogP contribution < -0.4 is 0 Å². The first-order valence-corrected chi connectivity index (χ1v) is 3.73. The van der Waals surface area contributed by atoms with E-state index in [4.69, 9.17) is 5.26 Å². The van der Waals surface area contributed by atoms with Gasteiger partial charge in [-0.3, -0.25) is 0 Å². The lowest BCUT2D eigenvalue weighted by atomic mass is 10.2. The maximum Gasteiger partial charge on any atom is 0.0663 e. The van der Waals surface area contributed by atoms with Crippen LogP contribution in [0, 0.1) is 18.3 Å². The van der Waals surface area contributed by atoms with E-state index in [-0.39, 0.29) is 0 Å². The Morgan fingerprint density at radius 2 is 2.10 bits per heavy atom. The van der Waals surface area contributed by atoms with Gasteiger partial charge in [-0.1, -0.05) is 31.9 Å². The normalized spacial score (nSPS) is 10.0. The molecule has 0 spiro atoms. The number of hydrogen-bond acceptors (Lipinski definition) is 1. The second kappa shape index (κ2) is 8.23. The molecule has 0 saturated heterocycles. The van der Waals surface area contributed by atoms with Crippen LogP contribution in [0.2, 0.25) is 0 Å². The molecule has 1 heteroatoms. The zero-order valence-electron chi connectivity index (χ0n) is 6.34. The predicted octanol–water partition coefficient (Wildman–Crippen LogP) is 2.85. The fourth-order valence-electron chi connectivity index (χ4n) is 0.693. The molecule has 0 fully saturated rings. The van der Waals surface area contributed by atoms with E-state index < -0.39 is 0 Å². The SMILES string of the molecule is [CH2]CCCCC=CCC#N. The van der Waals surface area contributed by atoms with Crippen molar-refractivity contribution in [1.29, 1.82) is 5.26 Å². The van der Waals surface area contributed by atoms with Gasteiger partial charge in [-0.25, -0.2) is 0 Å². The smallest absolute Gasteiger partial charge is 0.0663 e. The molecule has 10 heavy (non-hydrogen) atoms. The fourth-order valence-corrected chi connectivity index (χ4v) is 0.693. The molecule has 0 aliphatic heterocycles. The summed E-state index contributed by atoms with van der Waals surface area (Å²) < 4.78 is 0. The second-order valence-corrected chi connectivity index (χ2v) is 2.18. The van der Waals surface area contributed by atoms with E-state index in [1.54, 1.807) is 0 Å². The van der Waals surface area contributed by atoms with Crippen molar-refractivity contribution in [1.82, 2.24) is 0 Å². The molecule has 0 rings (SSSR count). The van der Waals surface area contributed by atoms with E-state index in [0.29, 0.717) is 6.42 Å². The minimum Gasteiger partial charge on any atom is -0.198 e. The monoisotopic (exact) mass is 136 g/mol. The molecule has 0 N–H and O–H groups in total. The highest BCUT2D eigenvalue weighted by atomic mass is 14.2. The number of hydrogen-bond donors (Lipinski definition) is 0. The first kappa shape index (κ1) is 9.23. The van der Waals surface area contributed by atoms with Crippen LogP contribution in [-0.4, -0.2) is 0 Å². The van der Waals surface area contributed by atoms with Crippen molar-refractivity contribution in [2.24, 2.45) is 0 Å². The van der Waals surface area contributed by atoms with Gasteiger partial charge in [-0.2, -0.15) is 5.26 Å². The van der Waals surface area contributed by atoms with Crippen molar-refractivity contribution >= 4 is 0 Å². The molecule has 0 bridgehead atoms. The van der Waals surface area contributed by atoms with Crippen LogP contribution in [0.25, 0.3) is 0 Å². The van der Waals surface area contributed by atoms with Gasteiger partial charge in [0, 0.05) is 0 Å². The van der Waals surface area contributed by atoms with Gasteiger partial charge in [0.1, 0.15) is 0 Å². The van der Waals surface area contributed by atoms with Crippen molar-refractivity contribution < 1.29 is 0 Å². The van der Waals surface area contributed by atoms with Gasteiger partial charge >= 0.3 is 0 Å². The minimum atomic E-state index is 0.546. The Morgan fingerprint density at radius 1 is 1.30 bits per heavy atom. The van der Waals surface area contributed by atoms with Gasteiger partial charge in [-0.05, 0) is 12.8 Å². The lowest BCUT2D eigenvalue weighted by Gasteiger charge is -1.89. The molecule has 0 unspecified atom stereocenters. The summed E-state index contributed by atoms with van der Waals surface area (Å²) in [6.07, 6.45) is 9.04. The van der Waals surface area contributed by atoms with E-state index in [1.807, 2.05) is 6.08 Å². The summed E-state index contributed by atoms with van der Waals surface area (Å²) >= 11 is 0. The zero-order valence-corrected chi connectivity index (χ0v) is 6.34. The molecule has 1 radical (unpaired) electrons. The van der Waals surface area contributed by atoms with E-state index in [9.17, 15) is 0 Å². The summed E-state index contributed by atoms with van der Waals surface area (Å²) in [6, 6.07) is 2.06. The molecule has 0 amide bonds. The largest absolute Gasteiger partial charge is 0.198 e. The number of rotatable bonds is 5. The first-order valence-electron chi connectivity index (χ1n) is 3.73. The highest BCUT2D eigenvalue weighted by Gasteiger charge is 1.80. The maximum absolute atomic E-state index is 8.16. The predicted molar refractivity (Wildman–Crippen MR) is 43.2 cm³/mol. The molecule has 0 aromatic heterocycles. The maximum atomic E-state index is 8.16. The third-order valence-electron chi connectivity index (χ3n) is 1.25. The molecule has 55 valence electrons. The highest BCUT2D eigenvalue weighted by Crippen LogP contribution is 1.99. The number of nitrogens with zero attached hydrogens (tertiary/aromatic N) is 1. The van der Waals surface area contributed by atoms with Crippen LogP contribution in [0.4, 0.5) is 0 Å². The van der Waals surface area contributed by atoms with Crippen LogP contribution in [0.5, 0.6) is 0 Å². The standard InChI is InChI=1S/C9H14N/c1-2-3-4-5-6-7-8-9-10/h6-7H,1-5,8H2. The van der Waals surface area contributed by atoms with Crippen molar-refractivity contribution in [3.05, 3.63) is 19.1 Å². The summed E-state index contributed by atoms with van der Waals surface area (Å²) in [5, 5.41) is 8.16. The first-order chi connectivity index (χ1) is 4.91. The third kappa shape index (κ3) is 7.23. The third-order valence-corrected chi connectivity index (χ3v) is 1.25. The van der Waals surface area contributed by atoms with Gasteiger partial charge in [0.25, 0.3) is 0 Å². The Kier molecular flexibility index (Phi) is 7.60. The molecule has 0 aliphatic carbocycles. The summed E-state index contributed by atoms with van der Waals surface area (Å²) in [4.78, 5) is 0. The molecule has 0 saturated carbocycles. The second-order valence-electron chi connectivity index (χ2n) is 2.18. The number of unbranched alkanes of at least 4 members (excludes halogenated alkanes) is 3. The van der Waals surface area contributed by atoms with Crippen molar-refractivity contribution in [2.45, 2.75) is 32.1 Å². The van der Waals surface area contributed by atoms with Crippen LogP contribution >= 0.6 is 0 Å². The molecular formula is C9H14N. The van der Waals surface area contributed by atoms with Crippen molar-refractivity contribution in [2.75, 3.05) is 0 Å². The Morgan fingerprint density at radius 3 is 2.70 bits per heavy atom. The zero-order chi connectivity index (χ0) is 7.66. The summed E-state index contributed by atoms with van der Waals surface area (Å²) in [5.74, 6) is 0. The lowest BCUT2D eigenvalue weighted by Crippen LogP contribution is -1.70. The molecule has 0 heterocycles. The van der Waals surface area contributed by atoms with Gasteiger partial charge in [0.15, 0.2) is 0 Å². The van der Waals surface area contributed by atoms with E-state index >= 15 is 0 Å². The number of nitriles is 1. The number of allylic oxidation sites excluding steroid dienone is 2. The minimum absolute atomic E-state index is 0.546. The lowest BCUT2D eigenvalue weighted by molar-refractivity contribution is 0.760. The van der Waals surface area contributed by atoms with E-state index in [0.717, 1.165) is 12.8 Å². The molecule has 0 atom stereocenters. The Bertz CT molecular complexity index is 119. The molecule has 0 aromatic rings. The van der Waals surface area contributed by atoms with Crippen LogP contribution in [0.3, 0.4) is 0 Å². The summed E-state index contributed by atoms with van der Waals surface area (Å²) in [6.45, 7) is 3.74. The summed E-state index contributed by atoms with van der Waals surface area (Å²) in [5.41, 5.74) is 0. The Balaban J connectivity index is 2.97. The van der Waals surface area contributed by atoms with Crippen LogP contribution in [0.15, 0.2) is 12.2 Å². The van der Waals surface area contributed by atoms with E-state index in [1.165, 1.54) is 12.8 Å². The van der Waals surface area contributed by atoms with Crippen LogP contribution in [0.1, 0.15) is 32.1 Å². The van der Waals surface area contributed by atoms with E-state index in [2.05, 4.69) is 19.1 Å². The molecule has 0 aromatic carbocycles. The van der Waals surface area contributed by atoms with Gasteiger partial charge in [0.05, 0.1) is 12.5 Å². The highest BCUT2D eigenvalue weighted by molar-refractivity contribution is 4.90. The Hall–Kier alpha value is -0.770. The summed E-state index contributed by atoms with van der Waals surface area (Å²) in [7, 11) is 0. The van der Waals surface area contributed by atoms with Gasteiger partial charge in [0.2, 0.25) is 0 Å². The quantitative estimate of drug-likeness (QED) is 0.421. The average Bonchev–Trinajstić information content (AvgIpc) is 1.97. The van der Waals surface area contributed by atoms with Gasteiger partial charge in [-0.15, -0.1) is 0 Å². The van der Waals surface area contributed by atoms with Crippen molar-refractivity contribution in [3.8, 4) is 6.07 Å². The fraction of sp³-hybridized carbons (Fsp3) is 0.556. The van der Waals surface area contributed by atoms with Gasteiger partial charge < -0.3 is 0 Å². The Labute approximate surface area is 63.4 Å². The molecule has 0 aliphatic rings.